The minimum Gasteiger partial charge on any atom is -0.490 e. The third-order valence-corrected chi connectivity index (χ3v) is 5.60. The second-order valence-corrected chi connectivity index (χ2v) is 8.23. The van der Waals surface area contributed by atoms with Crippen molar-refractivity contribution in [3.8, 4) is 17.2 Å². The summed E-state index contributed by atoms with van der Waals surface area (Å²) < 4.78 is 17.9. The Morgan fingerprint density at radius 1 is 0.906 bits per heavy atom. The van der Waals surface area contributed by atoms with Crippen LogP contribution in [0.1, 0.15) is 31.7 Å². The number of hydrogen-bond donors (Lipinski definition) is 1. The number of benzene rings is 3. The lowest BCUT2D eigenvalue weighted by Gasteiger charge is -2.13. The van der Waals surface area contributed by atoms with Gasteiger partial charge in [0.05, 0.1) is 4.47 Å². The first-order valence-corrected chi connectivity index (χ1v) is 11.5. The number of anilines is 1. The molecule has 0 aliphatic carbocycles. The molecule has 0 saturated carbocycles. The fourth-order valence-corrected chi connectivity index (χ4v) is 3.53. The SMILES string of the molecule is CCC(C)c1ccc(OCC(=O)Nc2cccc(OCCOc3ccccc3)c2)c(Br)c1. The second-order valence-electron chi connectivity index (χ2n) is 7.37. The maximum absolute atomic E-state index is 12.3. The van der Waals surface area contributed by atoms with Gasteiger partial charge in [0.2, 0.25) is 0 Å². The lowest BCUT2D eigenvalue weighted by atomic mass is 9.99. The van der Waals surface area contributed by atoms with Crippen LogP contribution in [0.3, 0.4) is 0 Å². The van der Waals surface area contributed by atoms with Crippen LogP contribution in [0.2, 0.25) is 0 Å². The first-order chi connectivity index (χ1) is 15.5. The van der Waals surface area contributed by atoms with E-state index in [1.165, 1.54) is 5.56 Å². The van der Waals surface area contributed by atoms with E-state index in [0.29, 0.717) is 36.3 Å². The molecule has 0 heterocycles. The van der Waals surface area contributed by atoms with Gasteiger partial charge >= 0.3 is 0 Å². The molecular weight excluding hydrogens is 470 g/mol. The van der Waals surface area contributed by atoms with Crippen LogP contribution in [0.15, 0.2) is 77.3 Å². The molecule has 1 amide bonds. The molecule has 6 heteroatoms. The second kappa shape index (κ2) is 12.2. The molecule has 1 atom stereocenters. The number of para-hydroxylation sites is 1. The predicted molar refractivity (Wildman–Crippen MR) is 131 cm³/mol. The van der Waals surface area contributed by atoms with Gasteiger partial charge in [-0.2, -0.15) is 0 Å². The van der Waals surface area contributed by atoms with E-state index in [1.807, 2.05) is 66.7 Å². The van der Waals surface area contributed by atoms with E-state index in [9.17, 15) is 4.79 Å². The predicted octanol–water partition coefficient (Wildman–Crippen LogP) is 6.44. The van der Waals surface area contributed by atoms with E-state index in [1.54, 1.807) is 6.07 Å². The highest BCUT2D eigenvalue weighted by atomic mass is 79.9. The molecule has 0 saturated heterocycles. The normalized spacial score (nSPS) is 11.5. The van der Waals surface area contributed by atoms with E-state index in [4.69, 9.17) is 14.2 Å². The summed E-state index contributed by atoms with van der Waals surface area (Å²) in [5.41, 5.74) is 1.88. The summed E-state index contributed by atoms with van der Waals surface area (Å²) in [6.45, 7) is 5.09. The number of rotatable bonds is 11. The van der Waals surface area contributed by atoms with Crippen LogP contribution in [0, 0.1) is 0 Å². The highest BCUT2D eigenvalue weighted by Gasteiger charge is 2.10. The van der Waals surface area contributed by atoms with Crippen molar-refractivity contribution < 1.29 is 19.0 Å². The fourth-order valence-electron chi connectivity index (χ4n) is 3.02. The Morgan fingerprint density at radius 3 is 2.34 bits per heavy atom. The van der Waals surface area contributed by atoms with Crippen molar-refractivity contribution in [1.29, 1.82) is 0 Å². The summed E-state index contributed by atoms with van der Waals surface area (Å²) in [5, 5.41) is 2.84. The van der Waals surface area contributed by atoms with Crippen LogP contribution in [0.5, 0.6) is 17.2 Å². The highest BCUT2D eigenvalue weighted by molar-refractivity contribution is 9.10. The molecule has 32 heavy (non-hydrogen) atoms. The molecular formula is C26H28BrNO4. The van der Waals surface area contributed by atoms with Gasteiger partial charge in [0, 0.05) is 11.8 Å². The Hall–Kier alpha value is -2.99. The third-order valence-electron chi connectivity index (χ3n) is 4.98. The molecule has 0 aliphatic heterocycles. The minimum absolute atomic E-state index is 0.0860. The molecule has 3 aromatic carbocycles. The molecule has 0 aliphatic rings. The van der Waals surface area contributed by atoms with Gasteiger partial charge in [0.25, 0.3) is 5.91 Å². The molecule has 0 spiro atoms. The van der Waals surface area contributed by atoms with E-state index in [-0.39, 0.29) is 12.5 Å². The first-order valence-electron chi connectivity index (χ1n) is 10.7. The van der Waals surface area contributed by atoms with E-state index in [2.05, 4.69) is 35.1 Å². The monoisotopic (exact) mass is 497 g/mol. The largest absolute Gasteiger partial charge is 0.490 e. The minimum atomic E-state index is -0.243. The number of hydrogen-bond acceptors (Lipinski definition) is 4. The molecule has 0 aromatic heterocycles. The summed E-state index contributed by atoms with van der Waals surface area (Å²) in [6, 6.07) is 22.8. The van der Waals surface area contributed by atoms with Gasteiger partial charge in [-0.1, -0.05) is 44.2 Å². The van der Waals surface area contributed by atoms with Crippen molar-refractivity contribution in [2.45, 2.75) is 26.2 Å². The van der Waals surface area contributed by atoms with Crippen molar-refractivity contribution in [3.05, 3.63) is 82.8 Å². The Balaban J connectivity index is 1.45. The molecule has 1 unspecified atom stereocenters. The van der Waals surface area contributed by atoms with Crippen LogP contribution in [-0.2, 0) is 4.79 Å². The number of amides is 1. The van der Waals surface area contributed by atoms with Gasteiger partial charge in [-0.25, -0.2) is 0 Å². The van der Waals surface area contributed by atoms with Gasteiger partial charge < -0.3 is 19.5 Å². The molecule has 3 rings (SSSR count). The fraction of sp³-hybridized carbons (Fsp3) is 0.269. The van der Waals surface area contributed by atoms with E-state index >= 15 is 0 Å². The van der Waals surface area contributed by atoms with Crippen LogP contribution in [0.4, 0.5) is 5.69 Å². The number of ether oxygens (including phenoxy) is 3. The first kappa shape index (κ1) is 23.7. The average Bonchev–Trinajstić information content (AvgIpc) is 2.81. The van der Waals surface area contributed by atoms with E-state index < -0.39 is 0 Å². The topological polar surface area (TPSA) is 56.8 Å². The van der Waals surface area contributed by atoms with Gasteiger partial charge in [0.15, 0.2) is 6.61 Å². The third kappa shape index (κ3) is 7.31. The summed E-state index contributed by atoms with van der Waals surface area (Å²) in [5.74, 6) is 2.33. The van der Waals surface area contributed by atoms with E-state index in [0.717, 1.165) is 16.6 Å². The quantitative estimate of drug-likeness (QED) is 0.309. The Labute approximate surface area is 197 Å². The van der Waals surface area contributed by atoms with Gasteiger partial charge in [0.1, 0.15) is 30.5 Å². The van der Waals surface area contributed by atoms with Crippen molar-refractivity contribution in [1.82, 2.24) is 0 Å². The summed E-state index contributed by atoms with van der Waals surface area (Å²) >= 11 is 3.53. The van der Waals surface area contributed by atoms with Crippen LogP contribution in [-0.4, -0.2) is 25.7 Å². The van der Waals surface area contributed by atoms with Gasteiger partial charge in [-0.05, 0) is 70.2 Å². The number of carbonyl (C=O) groups is 1. The zero-order valence-corrected chi connectivity index (χ0v) is 19.9. The molecule has 3 aromatic rings. The van der Waals surface area contributed by atoms with Gasteiger partial charge in [-0.15, -0.1) is 0 Å². The summed E-state index contributed by atoms with van der Waals surface area (Å²) in [6.07, 6.45) is 1.07. The van der Waals surface area contributed by atoms with Crippen LogP contribution in [0.25, 0.3) is 0 Å². The summed E-state index contributed by atoms with van der Waals surface area (Å²) in [4.78, 5) is 12.3. The maximum atomic E-state index is 12.3. The summed E-state index contributed by atoms with van der Waals surface area (Å²) in [7, 11) is 0. The van der Waals surface area contributed by atoms with Crippen molar-refractivity contribution in [2.24, 2.45) is 0 Å². The Kier molecular flexibility index (Phi) is 8.99. The Bertz CT molecular complexity index is 1010. The van der Waals surface area contributed by atoms with Crippen molar-refractivity contribution >= 4 is 27.5 Å². The standard InChI is InChI=1S/C26H28BrNO4/c1-3-19(2)20-12-13-25(24(27)16-20)32-18-26(29)28-21-8-7-11-23(17-21)31-15-14-30-22-9-5-4-6-10-22/h4-13,16-17,19H,3,14-15,18H2,1-2H3,(H,28,29). The zero-order valence-electron chi connectivity index (χ0n) is 18.3. The maximum Gasteiger partial charge on any atom is 0.262 e. The molecule has 0 radical (unpaired) electrons. The van der Waals surface area contributed by atoms with Gasteiger partial charge in [-0.3, -0.25) is 4.79 Å². The molecule has 1 N–H and O–H groups in total. The van der Waals surface area contributed by atoms with Crippen LogP contribution < -0.4 is 19.5 Å². The molecule has 168 valence electrons. The number of halogens is 1. The van der Waals surface area contributed by atoms with Crippen LogP contribution >= 0.6 is 15.9 Å². The zero-order chi connectivity index (χ0) is 22.8. The molecule has 0 bridgehead atoms. The smallest absolute Gasteiger partial charge is 0.262 e. The number of carbonyl (C=O) groups excluding carboxylic acids is 1. The lowest BCUT2D eigenvalue weighted by Crippen LogP contribution is -2.20. The van der Waals surface area contributed by atoms with Crippen molar-refractivity contribution in [3.63, 3.8) is 0 Å². The Morgan fingerprint density at radius 2 is 1.62 bits per heavy atom. The highest BCUT2D eigenvalue weighted by Crippen LogP contribution is 2.30. The molecule has 5 nitrogen and oxygen atoms in total. The lowest BCUT2D eigenvalue weighted by molar-refractivity contribution is -0.118. The van der Waals surface area contributed by atoms with Crippen molar-refractivity contribution in [2.75, 3.05) is 25.1 Å². The molecule has 0 fully saturated rings. The average molecular weight is 498 g/mol. The number of nitrogens with one attached hydrogen (secondary N) is 1.